The molecule has 0 aromatic heterocycles. The molecule has 0 spiro atoms. The smallest absolute Gasteiger partial charge is 0.0131 e. The molecule has 0 radical (unpaired) electrons. The summed E-state index contributed by atoms with van der Waals surface area (Å²) in [5, 5.41) is 1.93. The van der Waals surface area contributed by atoms with Gasteiger partial charge in [-0.25, -0.2) is 5.01 Å². The van der Waals surface area contributed by atoms with Crippen molar-refractivity contribution in [2.75, 3.05) is 13.1 Å². The highest BCUT2D eigenvalue weighted by Gasteiger charge is 2.27. The zero-order chi connectivity index (χ0) is 8.48. The molecule has 0 aromatic rings. The third-order valence-electron chi connectivity index (χ3n) is 2.75. The molecule has 0 atom stereocenters. The predicted octanol–water partition coefficient (Wildman–Crippen LogP) is 2.46. The normalized spacial score (nSPS) is 20.3. The molecule has 82 valence electrons. The van der Waals surface area contributed by atoms with Gasteiger partial charge in [-0.2, -0.15) is 0 Å². The lowest BCUT2D eigenvalue weighted by atomic mass is 9.75. The molecule has 2 N–H and O–H groups in total. The van der Waals surface area contributed by atoms with Gasteiger partial charge in [-0.3, -0.25) is 5.84 Å². The molecule has 1 saturated heterocycles. The summed E-state index contributed by atoms with van der Waals surface area (Å²) in [6, 6.07) is 0. The lowest BCUT2D eigenvalue weighted by Gasteiger charge is -2.36. The van der Waals surface area contributed by atoms with E-state index >= 15 is 0 Å². The van der Waals surface area contributed by atoms with Crippen LogP contribution in [0.25, 0.3) is 0 Å². The van der Waals surface area contributed by atoms with Gasteiger partial charge in [-0.05, 0) is 24.2 Å². The van der Waals surface area contributed by atoms with Gasteiger partial charge in [0.15, 0.2) is 0 Å². The van der Waals surface area contributed by atoms with E-state index in [0.717, 1.165) is 19.0 Å². The highest BCUT2D eigenvalue weighted by Crippen LogP contribution is 2.33. The second-order valence-electron chi connectivity index (χ2n) is 4.68. The Morgan fingerprint density at radius 3 is 1.77 bits per heavy atom. The van der Waals surface area contributed by atoms with E-state index < -0.39 is 0 Å². The van der Waals surface area contributed by atoms with Gasteiger partial charge in [0.25, 0.3) is 0 Å². The minimum Gasteiger partial charge on any atom is -0.269 e. The van der Waals surface area contributed by atoms with Crippen LogP contribution in [0.1, 0.15) is 33.6 Å². The van der Waals surface area contributed by atoms with Gasteiger partial charge in [0, 0.05) is 13.1 Å². The van der Waals surface area contributed by atoms with Crippen molar-refractivity contribution >= 4 is 24.8 Å². The first-order chi connectivity index (χ1) is 5.00. The number of nitrogens with two attached hydrogens (primary N) is 1. The number of hydrogen-bond acceptors (Lipinski definition) is 2. The van der Waals surface area contributed by atoms with Crippen molar-refractivity contribution < 1.29 is 0 Å². The molecule has 0 amide bonds. The molecule has 1 heterocycles. The topological polar surface area (TPSA) is 29.3 Å². The molecule has 0 aliphatic carbocycles. The molecule has 1 rings (SSSR count). The van der Waals surface area contributed by atoms with Crippen molar-refractivity contribution in [2.45, 2.75) is 33.6 Å². The summed E-state index contributed by atoms with van der Waals surface area (Å²) >= 11 is 0. The van der Waals surface area contributed by atoms with Crippen molar-refractivity contribution in [1.29, 1.82) is 0 Å². The molecule has 13 heavy (non-hydrogen) atoms. The van der Waals surface area contributed by atoms with E-state index in [9.17, 15) is 0 Å². The lowest BCUT2D eigenvalue weighted by molar-refractivity contribution is 0.113. The van der Waals surface area contributed by atoms with E-state index in [1.54, 1.807) is 0 Å². The second kappa shape index (κ2) is 6.07. The Hall–Kier alpha value is 0.500. The summed E-state index contributed by atoms with van der Waals surface area (Å²) < 4.78 is 0. The first-order valence-electron chi connectivity index (χ1n) is 4.50. The van der Waals surface area contributed by atoms with Gasteiger partial charge < -0.3 is 0 Å². The number of rotatable bonds is 0. The Morgan fingerprint density at radius 1 is 1.08 bits per heavy atom. The minimum atomic E-state index is 0. The largest absolute Gasteiger partial charge is 0.269 e. The van der Waals surface area contributed by atoms with Crippen molar-refractivity contribution in [3.63, 3.8) is 0 Å². The highest BCUT2D eigenvalue weighted by atomic mass is 35.5. The van der Waals surface area contributed by atoms with Crippen LogP contribution in [0.15, 0.2) is 0 Å². The fraction of sp³-hybridized carbons (Fsp3) is 1.00. The average molecular weight is 229 g/mol. The van der Waals surface area contributed by atoms with Gasteiger partial charge in [0.2, 0.25) is 0 Å². The van der Waals surface area contributed by atoms with Crippen LogP contribution >= 0.6 is 24.8 Å². The number of hydrazine groups is 1. The zero-order valence-corrected chi connectivity index (χ0v) is 10.4. The zero-order valence-electron chi connectivity index (χ0n) is 8.75. The Labute approximate surface area is 94.0 Å². The van der Waals surface area contributed by atoms with E-state index in [2.05, 4.69) is 20.8 Å². The predicted molar refractivity (Wildman–Crippen MR) is 62.4 cm³/mol. The third-order valence-corrected chi connectivity index (χ3v) is 2.75. The monoisotopic (exact) mass is 228 g/mol. The summed E-state index contributed by atoms with van der Waals surface area (Å²) in [6.45, 7) is 9.11. The number of hydrogen-bond donors (Lipinski definition) is 1. The maximum atomic E-state index is 5.67. The molecule has 1 fully saturated rings. The molecule has 1 aliphatic heterocycles. The van der Waals surface area contributed by atoms with Gasteiger partial charge in [-0.1, -0.05) is 20.8 Å². The van der Waals surface area contributed by atoms with Gasteiger partial charge in [0.1, 0.15) is 0 Å². The molecule has 0 bridgehead atoms. The van der Waals surface area contributed by atoms with E-state index in [0.29, 0.717) is 5.41 Å². The number of halogens is 2. The van der Waals surface area contributed by atoms with Crippen LogP contribution in [-0.2, 0) is 0 Å². The number of piperidine rings is 1. The van der Waals surface area contributed by atoms with E-state index in [1.807, 2.05) is 5.01 Å². The summed E-state index contributed by atoms with van der Waals surface area (Å²) in [5.41, 5.74) is 0.473. The van der Waals surface area contributed by atoms with Crippen LogP contribution in [0.5, 0.6) is 0 Å². The fourth-order valence-electron chi connectivity index (χ4n) is 1.77. The highest BCUT2D eigenvalue weighted by molar-refractivity contribution is 5.85. The average Bonchev–Trinajstić information content (AvgIpc) is 1.86. The van der Waals surface area contributed by atoms with Crippen LogP contribution in [-0.4, -0.2) is 18.1 Å². The Bertz CT molecular complexity index is 126. The second-order valence-corrected chi connectivity index (χ2v) is 4.68. The van der Waals surface area contributed by atoms with Crippen molar-refractivity contribution in [2.24, 2.45) is 17.2 Å². The molecule has 0 unspecified atom stereocenters. The fourth-order valence-corrected chi connectivity index (χ4v) is 1.77. The summed E-state index contributed by atoms with van der Waals surface area (Å²) in [6.07, 6.45) is 2.53. The maximum absolute atomic E-state index is 5.67. The summed E-state index contributed by atoms with van der Waals surface area (Å²) in [4.78, 5) is 0. The third kappa shape index (κ3) is 5.06. The molecular formula is C9H22Cl2N2. The van der Waals surface area contributed by atoms with E-state index in [4.69, 9.17) is 5.84 Å². The maximum Gasteiger partial charge on any atom is 0.0131 e. The van der Waals surface area contributed by atoms with Gasteiger partial charge in [-0.15, -0.1) is 24.8 Å². The Morgan fingerprint density at radius 2 is 1.46 bits per heavy atom. The minimum absolute atomic E-state index is 0. The standard InChI is InChI=1S/C9H20N2.2ClH/c1-9(2,3)8-4-6-11(10)7-5-8;;/h8H,4-7,10H2,1-3H3;2*1H. The van der Waals surface area contributed by atoms with E-state index in [-0.39, 0.29) is 24.8 Å². The summed E-state index contributed by atoms with van der Waals surface area (Å²) in [7, 11) is 0. The quantitative estimate of drug-likeness (QED) is 0.646. The van der Waals surface area contributed by atoms with Crippen LogP contribution < -0.4 is 5.84 Å². The van der Waals surface area contributed by atoms with E-state index in [1.165, 1.54) is 12.8 Å². The van der Waals surface area contributed by atoms with Crippen LogP contribution in [0, 0.1) is 11.3 Å². The molecule has 2 nitrogen and oxygen atoms in total. The molecule has 0 aromatic carbocycles. The van der Waals surface area contributed by atoms with Crippen molar-refractivity contribution in [3.05, 3.63) is 0 Å². The SMILES string of the molecule is CC(C)(C)C1CCN(N)CC1.Cl.Cl. The van der Waals surface area contributed by atoms with Crippen molar-refractivity contribution in [3.8, 4) is 0 Å². The Balaban J connectivity index is 0. The van der Waals surface area contributed by atoms with Crippen LogP contribution in [0.4, 0.5) is 0 Å². The van der Waals surface area contributed by atoms with Crippen molar-refractivity contribution in [1.82, 2.24) is 5.01 Å². The number of nitrogens with zero attached hydrogens (tertiary/aromatic N) is 1. The summed E-state index contributed by atoms with van der Waals surface area (Å²) in [5.74, 6) is 6.54. The molecular weight excluding hydrogens is 207 g/mol. The Kier molecular flexibility index (Phi) is 7.45. The first-order valence-corrected chi connectivity index (χ1v) is 4.50. The molecule has 0 saturated carbocycles. The van der Waals surface area contributed by atoms with Crippen LogP contribution in [0.2, 0.25) is 0 Å². The molecule has 4 heteroatoms. The first kappa shape index (κ1) is 15.9. The molecule has 1 aliphatic rings. The van der Waals surface area contributed by atoms with Gasteiger partial charge >= 0.3 is 0 Å². The lowest BCUT2D eigenvalue weighted by Crippen LogP contribution is -2.41. The van der Waals surface area contributed by atoms with Crippen LogP contribution in [0.3, 0.4) is 0 Å². The van der Waals surface area contributed by atoms with Gasteiger partial charge in [0.05, 0.1) is 0 Å².